The molecule has 0 aliphatic rings. The summed E-state index contributed by atoms with van der Waals surface area (Å²) in [5, 5.41) is 5.01. The van der Waals surface area contributed by atoms with E-state index in [9.17, 15) is 0 Å². The molecule has 8 aromatic rings. The van der Waals surface area contributed by atoms with Gasteiger partial charge in [0.1, 0.15) is 5.65 Å². The minimum absolute atomic E-state index is 1.01. The molecule has 0 saturated heterocycles. The second-order valence-corrected chi connectivity index (χ2v) is 10.7. The first-order valence-electron chi connectivity index (χ1n) is 12.6. The fourth-order valence-electron chi connectivity index (χ4n) is 5.75. The van der Waals surface area contributed by atoms with Gasteiger partial charge in [-0.1, -0.05) is 84.9 Å². The topological polar surface area (TPSA) is 17.3 Å². The predicted octanol–water partition coefficient (Wildman–Crippen LogP) is 9.65. The lowest BCUT2D eigenvalue weighted by molar-refractivity contribution is 1.31. The van der Waals surface area contributed by atoms with E-state index < -0.39 is 0 Å². The Morgan fingerprint density at radius 1 is 0.568 bits per heavy atom. The smallest absolute Gasteiger partial charge is 0.146 e. The number of hydrogen-bond acceptors (Lipinski definition) is 2. The van der Waals surface area contributed by atoms with Crippen LogP contribution in [0.15, 0.2) is 115 Å². The third-order valence-electron chi connectivity index (χ3n) is 7.58. The molecule has 0 atom stereocenters. The summed E-state index contributed by atoms with van der Waals surface area (Å²) in [5.74, 6) is 0. The Hall–Kier alpha value is -4.47. The van der Waals surface area contributed by atoms with Gasteiger partial charge in [-0.3, -0.25) is 4.40 Å². The fraction of sp³-hybridized carbons (Fsp3) is 0.0294. The van der Waals surface area contributed by atoms with Crippen molar-refractivity contribution in [3.63, 3.8) is 0 Å². The minimum Gasteiger partial charge on any atom is -0.292 e. The fourth-order valence-corrected chi connectivity index (χ4v) is 6.97. The normalized spacial score (nSPS) is 11.9. The highest BCUT2D eigenvalue weighted by Gasteiger charge is 2.15. The van der Waals surface area contributed by atoms with E-state index in [1.807, 2.05) is 11.3 Å². The number of hydrogen-bond donors (Lipinski definition) is 0. The van der Waals surface area contributed by atoms with Crippen LogP contribution in [-0.2, 0) is 0 Å². The van der Waals surface area contributed by atoms with Crippen LogP contribution in [0.25, 0.3) is 70.0 Å². The van der Waals surface area contributed by atoms with Crippen molar-refractivity contribution in [2.75, 3.05) is 0 Å². The molecular weight excluding hydrogens is 468 g/mol. The highest BCUT2D eigenvalue weighted by atomic mass is 32.1. The van der Waals surface area contributed by atoms with E-state index in [4.69, 9.17) is 4.98 Å². The number of para-hydroxylation sites is 3. The van der Waals surface area contributed by atoms with E-state index in [0.717, 1.165) is 16.7 Å². The molecular formula is C34H22N2S. The largest absolute Gasteiger partial charge is 0.292 e. The molecule has 3 aromatic heterocycles. The van der Waals surface area contributed by atoms with Crippen LogP contribution >= 0.6 is 11.3 Å². The van der Waals surface area contributed by atoms with Gasteiger partial charge in [0.2, 0.25) is 0 Å². The molecule has 0 fully saturated rings. The molecule has 0 saturated carbocycles. The van der Waals surface area contributed by atoms with Gasteiger partial charge in [-0.25, -0.2) is 4.98 Å². The summed E-state index contributed by atoms with van der Waals surface area (Å²) in [6.45, 7) is 2.23. The van der Waals surface area contributed by atoms with Gasteiger partial charge < -0.3 is 0 Å². The third-order valence-corrected chi connectivity index (χ3v) is 8.90. The Bertz CT molecular complexity index is 2150. The molecule has 0 aliphatic carbocycles. The second kappa shape index (κ2) is 7.76. The highest BCUT2D eigenvalue weighted by molar-refractivity contribution is 7.22. The number of thiophene rings is 1. The SMILES string of the molecule is Cc1c(-c2ccc(-c3ccc4c5ccccc5n5c6ccccc6nc5c4c3)cc2)sc2ccccc12. The van der Waals surface area contributed by atoms with Crippen LogP contribution in [-0.4, -0.2) is 9.38 Å². The lowest BCUT2D eigenvalue weighted by atomic mass is 9.98. The maximum absolute atomic E-state index is 5.08. The van der Waals surface area contributed by atoms with Crippen molar-refractivity contribution in [3.8, 4) is 21.6 Å². The van der Waals surface area contributed by atoms with Crippen LogP contribution in [0.4, 0.5) is 0 Å². The molecule has 3 heteroatoms. The first-order chi connectivity index (χ1) is 18.3. The molecule has 0 unspecified atom stereocenters. The number of aryl methyl sites for hydroxylation is 1. The van der Waals surface area contributed by atoms with Crippen molar-refractivity contribution in [2.24, 2.45) is 0 Å². The van der Waals surface area contributed by atoms with E-state index in [-0.39, 0.29) is 0 Å². The number of aromatic nitrogens is 2. The van der Waals surface area contributed by atoms with Gasteiger partial charge in [-0.2, -0.15) is 0 Å². The zero-order valence-electron chi connectivity index (χ0n) is 20.3. The zero-order chi connectivity index (χ0) is 24.5. The van der Waals surface area contributed by atoms with Crippen molar-refractivity contribution in [1.82, 2.24) is 9.38 Å². The molecule has 0 radical (unpaired) electrons. The van der Waals surface area contributed by atoms with E-state index in [1.54, 1.807) is 0 Å². The van der Waals surface area contributed by atoms with E-state index in [1.165, 1.54) is 58.9 Å². The highest BCUT2D eigenvalue weighted by Crippen LogP contribution is 2.39. The average molecular weight is 491 g/mol. The van der Waals surface area contributed by atoms with E-state index in [2.05, 4.69) is 127 Å². The first kappa shape index (κ1) is 20.7. The van der Waals surface area contributed by atoms with E-state index >= 15 is 0 Å². The molecule has 37 heavy (non-hydrogen) atoms. The Kier molecular flexibility index (Phi) is 4.34. The van der Waals surface area contributed by atoms with Crippen LogP contribution in [0.5, 0.6) is 0 Å². The van der Waals surface area contributed by atoms with Gasteiger partial charge in [0, 0.05) is 20.3 Å². The van der Waals surface area contributed by atoms with Crippen molar-refractivity contribution in [2.45, 2.75) is 6.92 Å². The Morgan fingerprint density at radius 3 is 2.08 bits per heavy atom. The molecule has 0 bridgehead atoms. The lowest BCUT2D eigenvalue weighted by Gasteiger charge is -2.11. The van der Waals surface area contributed by atoms with Crippen LogP contribution in [0.2, 0.25) is 0 Å². The molecule has 8 rings (SSSR count). The maximum atomic E-state index is 5.08. The molecule has 0 aliphatic heterocycles. The van der Waals surface area contributed by atoms with Crippen molar-refractivity contribution < 1.29 is 0 Å². The maximum Gasteiger partial charge on any atom is 0.146 e. The number of nitrogens with zero attached hydrogens (tertiary/aromatic N) is 2. The molecule has 174 valence electrons. The zero-order valence-corrected chi connectivity index (χ0v) is 21.1. The summed E-state index contributed by atoms with van der Waals surface area (Å²) >= 11 is 1.87. The van der Waals surface area contributed by atoms with Gasteiger partial charge in [-0.05, 0) is 70.3 Å². The van der Waals surface area contributed by atoms with Gasteiger partial charge in [0.25, 0.3) is 0 Å². The van der Waals surface area contributed by atoms with Crippen molar-refractivity contribution in [1.29, 1.82) is 0 Å². The lowest BCUT2D eigenvalue weighted by Crippen LogP contribution is -1.92. The number of rotatable bonds is 2. The van der Waals surface area contributed by atoms with Crippen LogP contribution in [0, 0.1) is 6.92 Å². The summed E-state index contributed by atoms with van der Waals surface area (Å²) in [7, 11) is 0. The molecule has 3 heterocycles. The van der Waals surface area contributed by atoms with Gasteiger partial charge in [-0.15, -0.1) is 11.3 Å². The average Bonchev–Trinajstić information content (AvgIpc) is 3.52. The monoisotopic (exact) mass is 490 g/mol. The number of fused-ring (bicyclic) bond motifs is 9. The second-order valence-electron chi connectivity index (χ2n) is 9.67. The first-order valence-corrected chi connectivity index (χ1v) is 13.4. The van der Waals surface area contributed by atoms with Crippen molar-refractivity contribution >= 4 is 59.8 Å². The molecule has 0 amide bonds. The summed E-state index contributed by atoms with van der Waals surface area (Å²) in [6.07, 6.45) is 0. The standard InChI is InChI=1S/C34H22N2S/c1-21-25-8-3-7-13-32(25)37-33(21)23-16-14-22(15-17-23)24-18-19-26-27-9-2-5-11-30(27)36-31-12-6-4-10-29(31)35-34(36)28(26)20-24/h2-20H,1H3. The number of pyridine rings is 1. The Balaban J connectivity index is 1.32. The summed E-state index contributed by atoms with van der Waals surface area (Å²) in [6, 6.07) is 41.6. The Morgan fingerprint density at radius 2 is 1.24 bits per heavy atom. The van der Waals surface area contributed by atoms with Gasteiger partial charge in [0.05, 0.1) is 16.6 Å². The van der Waals surface area contributed by atoms with Crippen LogP contribution in [0.3, 0.4) is 0 Å². The minimum atomic E-state index is 1.01. The quantitative estimate of drug-likeness (QED) is 0.220. The van der Waals surface area contributed by atoms with E-state index in [0.29, 0.717) is 0 Å². The summed E-state index contributed by atoms with van der Waals surface area (Å²) < 4.78 is 3.65. The van der Waals surface area contributed by atoms with Crippen LogP contribution < -0.4 is 0 Å². The summed E-state index contributed by atoms with van der Waals surface area (Å²) in [4.78, 5) is 6.43. The molecule has 0 spiro atoms. The van der Waals surface area contributed by atoms with Gasteiger partial charge >= 0.3 is 0 Å². The predicted molar refractivity (Wildman–Crippen MR) is 159 cm³/mol. The Labute approximate surface area is 218 Å². The third kappa shape index (κ3) is 3.01. The van der Waals surface area contributed by atoms with Gasteiger partial charge in [0.15, 0.2) is 0 Å². The number of benzene rings is 5. The molecule has 5 aromatic carbocycles. The summed E-state index contributed by atoms with van der Waals surface area (Å²) in [5.41, 5.74) is 9.42. The van der Waals surface area contributed by atoms with Crippen molar-refractivity contribution in [3.05, 3.63) is 121 Å². The molecule has 2 nitrogen and oxygen atoms in total. The molecule has 0 N–H and O–H groups in total. The van der Waals surface area contributed by atoms with Crippen LogP contribution in [0.1, 0.15) is 5.56 Å². The number of imidazole rings is 1.